The van der Waals surface area contributed by atoms with Crippen molar-refractivity contribution in [1.29, 1.82) is 0 Å². The van der Waals surface area contributed by atoms with Crippen LogP contribution in [-0.4, -0.2) is 29.9 Å². The standard InChI is InChI=1S/C15H5F13OS/c16-10(17,7-5-6-3-1-2-4-8(6)30-9(7)29)11(18,19)12(20,21)13(22,23)14(24,25)15(26,27)28/h1-5H. The lowest BCUT2D eigenvalue weighted by Gasteiger charge is -2.39. The first kappa shape index (κ1) is 24.2. The molecule has 0 amide bonds. The maximum atomic E-state index is 14.2. The highest BCUT2D eigenvalue weighted by atomic mass is 32.1. The van der Waals surface area contributed by atoms with Gasteiger partial charge in [-0.3, -0.25) is 4.79 Å². The molecule has 0 saturated heterocycles. The number of alkyl halides is 13. The number of hydrogen-bond donors (Lipinski definition) is 0. The molecule has 0 saturated carbocycles. The molecule has 0 aliphatic heterocycles. The van der Waals surface area contributed by atoms with E-state index in [2.05, 4.69) is 0 Å². The Bertz CT molecular complexity index is 1010. The molecule has 0 unspecified atom stereocenters. The van der Waals surface area contributed by atoms with Crippen LogP contribution in [-0.2, 0) is 5.92 Å². The fourth-order valence-corrected chi connectivity index (χ4v) is 3.11. The minimum absolute atomic E-state index is 0.0712. The van der Waals surface area contributed by atoms with Crippen LogP contribution in [0.25, 0.3) is 10.1 Å². The molecule has 1 aromatic heterocycles. The van der Waals surface area contributed by atoms with Gasteiger partial charge in [-0.1, -0.05) is 29.5 Å². The van der Waals surface area contributed by atoms with E-state index < -0.39 is 51.5 Å². The zero-order valence-electron chi connectivity index (χ0n) is 13.6. The average Bonchev–Trinajstić information content (AvgIpc) is 2.59. The fourth-order valence-electron chi connectivity index (χ4n) is 2.22. The van der Waals surface area contributed by atoms with Gasteiger partial charge in [-0.2, -0.15) is 57.1 Å². The van der Waals surface area contributed by atoms with Crippen molar-refractivity contribution in [3.63, 3.8) is 0 Å². The topological polar surface area (TPSA) is 17.1 Å². The van der Waals surface area contributed by atoms with Gasteiger partial charge in [-0.15, -0.1) is 0 Å². The first-order valence-electron chi connectivity index (χ1n) is 7.22. The summed E-state index contributed by atoms with van der Waals surface area (Å²) in [7, 11) is 0. The third kappa shape index (κ3) is 3.12. The lowest BCUT2D eigenvalue weighted by atomic mass is 9.91. The van der Waals surface area contributed by atoms with Gasteiger partial charge in [0.05, 0.1) is 5.56 Å². The van der Waals surface area contributed by atoms with Gasteiger partial charge >= 0.3 is 35.8 Å². The van der Waals surface area contributed by atoms with Crippen molar-refractivity contribution in [2.24, 2.45) is 0 Å². The van der Waals surface area contributed by atoms with Crippen LogP contribution in [0.2, 0.25) is 0 Å². The molecule has 2 rings (SSSR count). The molecule has 1 heterocycles. The fraction of sp³-hybridized carbons (Fsp3) is 0.400. The molecular weight excluding hydrogens is 475 g/mol. The SMILES string of the molecule is O=c1sc2ccccc2cc1C(F)(F)C(F)(F)C(F)(F)C(F)(F)C(F)(F)C(F)(F)F. The Hall–Kier alpha value is -2.06. The summed E-state index contributed by atoms with van der Waals surface area (Å²) < 4.78 is 169. The van der Waals surface area contributed by atoms with Gasteiger partial charge in [0.15, 0.2) is 0 Å². The zero-order chi connectivity index (χ0) is 23.6. The molecule has 0 bridgehead atoms. The molecule has 15 heteroatoms. The van der Waals surface area contributed by atoms with Crippen molar-refractivity contribution in [3.05, 3.63) is 45.4 Å². The van der Waals surface area contributed by atoms with Crippen LogP contribution in [0.3, 0.4) is 0 Å². The summed E-state index contributed by atoms with van der Waals surface area (Å²) >= 11 is -0.190. The van der Waals surface area contributed by atoms with E-state index in [-0.39, 0.29) is 22.1 Å². The number of hydrogen-bond acceptors (Lipinski definition) is 2. The van der Waals surface area contributed by atoms with Gasteiger partial charge in [-0.05, 0) is 17.5 Å². The molecule has 30 heavy (non-hydrogen) atoms. The van der Waals surface area contributed by atoms with E-state index in [1.54, 1.807) is 0 Å². The third-order valence-electron chi connectivity index (χ3n) is 3.91. The second-order valence-corrected chi connectivity index (χ2v) is 6.87. The van der Waals surface area contributed by atoms with Crippen molar-refractivity contribution in [2.75, 3.05) is 0 Å². The maximum Gasteiger partial charge on any atom is 0.460 e. The molecule has 0 N–H and O–H groups in total. The summed E-state index contributed by atoms with van der Waals surface area (Å²) in [6, 6.07) is 4.38. The Kier molecular flexibility index (Phi) is 5.42. The average molecular weight is 480 g/mol. The van der Waals surface area contributed by atoms with E-state index in [4.69, 9.17) is 0 Å². The summed E-state index contributed by atoms with van der Waals surface area (Å²) in [5.41, 5.74) is -2.48. The van der Waals surface area contributed by atoms with Crippen LogP contribution in [0, 0.1) is 0 Å². The predicted octanol–water partition coefficient (Wildman–Crippen LogP) is 6.46. The lowest BCUT2D eigenvalue weighted by molar-refractivity contribution is -0.441. The lowest BCUT2D eigenvalue weighted by Crippen LogP contribution is -2.69. The van der Waals surface area contributed by atoms with Gasteiger partial charge in [0.25, 0.3) is 0 Å². The summed E-state index contributed by atoms with van der Waals surface area (Å²) in [4.78, 5) is 11.7. The Labute approximate surface area is 160 Å². The van der Waals surface area contributed by atoms with E-state index in [0.29, 0.717) is 0 Å². The largest absolute Gasteiger partial charge is 0.460 e. The van der Waals surface area contributed by atoms with Crippen LogP contribution in [0.5, 0.6) is 0 Å². The van der Waals surface area contributed by atoms with Crippen molar-refractivity contribution in [3.8, 4) is 0 Å². The normalized spacial score (nSPS) is 15.0. The molecule has 0 aliphatic carbocycles. The maximum absolute atomic E-state index is 14.2. The van der Waals surface area contributed by atoms with Crippen LogP contribution in [0.4, 0.5) is 57.1 Å². The third-order valence-corrected chi connectivity index (χ3v) is 4.91. The highest BCUT2D eigenvalue weighted by molar-refractivity contribution is 7.16. The molecule has 0 atom stereocenters. The predicted molar refractivity (Wildman–Crippen MR) is 77.8 cm³/mol. The van der Waals surface area contributed by atoms with Gasteiger partial charge in [-0.25, -0.2) is 0 Å². The second-order valence-electron chi connectivity index (χ2n) is 5.86. The monoisotopic (exact) mass is 480 g/mol. The van der Waals surface area contributed by atoms with Crippen LogP contribution in [0.15, 0.2) is 35.1 Å². The Morgan fingerprint density at radius 1 is 0.633 bits per heavy atom. The summed E-state index contributed by atoms with van der Waals surface area (Å²) in [6.45, 7) is 0. The van der Waals surface area contributed by atoms with E-state index in [1.807, 2.05) is 0 Å². The Morgan fingerprint density at radius 2 is 1.10 bits per heavy atom. The molecule has 0 radical (unpaired) electrons. The van der Waals surface area contributed by atoms with Crippen molar-refractivity contribution in [2.45, 2.75) is 35.8 Å². The van der Waals surface area contributed by atoms with E-state index in [0.717, 1.165) is 18.2 Å². The summed E-state index contributed by atoms with van der Waals surface area (Å²) in [6.07, 6.45) is -7.49. The van der Waals surface area contributed by atoms with Crippen LogP contribution < -0.4 is 4.74 Å². The molecule has 1 nitrogen and oxygen atoms in total. The van der Waals surface area contributed by atoms with Crippen molar-refractivity contribution < 1.29 is 57.1 Å². The molecule has 1 aromatic carbocycles. The number of benzene rings is 1. The van der Waals surface area contributed by atoms with Crippen molar-refractivity contribution >= 4 is 21.4 Å². The highest BCUT2D eigenvalue weighted by Gasteiger charge is 2.91. The minimum atomic E-state index is -8.01. The number of halogens is 13. The quantitative estimate of drug-likeness (QED) is 0.450. The smallest absolute Gasteiger partial charge is 0.277 e. The van der Waals surface area contributed by atoms with Crippen LogP contribution >= 0.6 is 11.3 Å². The first-order chi connectivity index (χ1) is 13.2. The molecule has 0 fully saturated rings. The highest BCUT2D eigenvalue weighted by Crippen LogP contribution is 2.61. The second kappa shape index (κ2) is 6.72. The zero-order valence-corrected chi connectivity index (χ0v) is 14.4. The van der Waals surface area contributed by atoms with Gasteiger partial charge < -0.3 is 0 Å². The first-order valence-corrected chi connectivity index (χ1v) is 8.04. The van der Waals surface area contributed by atoms with E-state index >= 15 is 0 Å². The van der Waals surface area contributed by atoms with Gasteiger partial charge in [0, 0.05) is 4.70 Å². The Morgan fingerprint density at radius 3 is 1.60 bits per heavy atom. The van der Waals surface area contributed by atoms with Crippen LogP contribution in [0.1, 0.15) is 5.56 Å². The summed E-state index contributed by atoms with van der Waals surface area (Å²) in [5.74, 6) is -37.8. The number of fused-ring (bicyclic) bond motifs is 1. The Balaban J connectivity index is 2.71. The van der Waals surface area contributed by atoms with Gasteiger partial charge in [0.1, 0.15) is 0 Å². The van der Waals surface area contributed by atoms with E-state index in [1.165, 1.54) is 6.07 Å². The van der Waals surface area contributed by atoms with Crippen molar-refractivity contribution in [1.82, 2.24) is 0 Å². The molecular formula is C15H5F13OS. The molecule has 0 spiro atoms. The minimum Gasteiger partial charge on any atom is -0.277 e. The molecule has 168 valence electrons. The number of rotatable bonds is 5. The van der Waals surface area contributed by atoms with E-state index in [9.17, 15) is 61.9 Å². The van der Waals surface area contributed by atoms with Gasteiger partial charge in [0.2, 0.25) is 4.74 Å². The molecule has 0 aliphatic rings. The summed E-state index contributed by atoms with van der Waals surface area (Å²) in [5, 5.41) is -0.414. The molecule has 2 aromatic rings.